The molecule has 29 heavy (non-hydrogen) atoms. The van der Waals surface area contributed by atoms with Crippen molar-refractivity contribution >= 4 is 39.1 Å². The maximum Gasteiger partial charge on any atom is 0.266 e. The quantitative estimate of drug-likeness (QED) is 0.771. The van der Waals surface area contributed by atoms with Crippen molar-refractivity contribution in [1.29, 1.82) is 0 Å². The Morgan fingerprint density at radius 3 is 2.31 bits per heavy atom. The van der Waals surface area contributed by atoms with Crippen molar-refractivity contribution in [3.05, 3.63) is 59.7 Å². The lowest BCUT2D eigenvalue weighted by molar-refractivity contribution is -0.119. The van der Waals surface area contributed by atoms with E-state index in [-0.39, 0.29) is 0 Å². The van der Waals surface area contributed by atoms with E-state index >= 15 is 0 Å². The second-order valence-electron chi connectivity index (χ2n) is 7.06. The zero-order chi connectivity index (χ0) is 20.8. The van der Waals surface area contributed by atoms with Gasteiger partial charge in [0.15, 0.2) is 0 Å². The van der Waals surface area contributed by atoms with Crippen LogP contribution in [0.25, 0.3) is 0 Å². The summed E-state index contributed by atoms with van der Waals surface area (Å²) in [4.78, 5) is 39.0. The summed E-state index contributed by atoms with van der Waals surface area (Å²) < 4.78 is 24.9. The number of hydrogen-bond donors (Lipinski definition) is 1. The van der Waals surface area contributed by atoms with Gasteiger partial charge in [0.1, 0.15) is 6.04 Å². The molecule has 1 fully saturated rings. The number of hydrogen-bond acceptors (Lipinski definition) is 5. The zero-order valence-electron chi connectivity index (χ0n) is 15.7. The number of rotatable bonds is 4. The van der Waals surface area contributed by atoms with E-state index in [1.165, 1.54) is 10.4 Å². The van der Waals surface area contributed by atoms with Crippen LogP contribution in [0.15, 0.2) is 48.5 Å². The maximum absolute atomic E-state index is 12.6. The van der Waals surface area contributed by atoms with Crippen LogP contribution in [-0.4, -0.2) is 49.3 Å². The van der Waals surface area contributed by atoms with Crippen LogP contribution < -0.4 is 10.2 Å². The molecule has 0 bridgehead atoms. The molecule has 1 saturated heterocycles. The van der Waals surface area contributed by atoms with E-state index < -0.39 is 33.8 Å². The molecule has 0 saturated carbocycles. The Morgan fingerprint density at radius 1 is 1.03 bits per heavy atom. The summed E-state index contributed by atoms with van der Waals surface area (Å²) in [7, 11) is -3.48. The Bertz CT molecular complexity index is 1090. The van der Waals surface area contributed by atoms with Crippen LogP contribution in [0.4, 0.5) is 11.4 Å². The highest BCUT2D eigenvalue weighted by Gasteiger charge is 2.38. The third kappa shape index (κ3) is 3.43. The lowest BCUT2D eigenvalue weighted by Crippen LogP contribution is -2.42. The number of carbonyl (C=O) groups is 3. The fraction of sp³-hybridized carbons (Fsp3) is 0.250. The molecule has 0 radical (unpaired) electrons. The van der Waals surface area contributed by atoms with Gasteiger partial charge in [-0.1, -0.05) is 18.2 Å². The van der Waals surface area contributed by atoms with E-state index in [1.54, 1.807) is 42.5 Å². The van der Waals surface area contributed by atoms with E-state index in [0.717, 1.165) is 11.2 Å². The average molecular weight is 413 g/mol. The zero-order valence-corrected chi connectivity index (χ0v) is 16.5. The normalized spacial score (nSPS) is 19.5. The second kappa shape index (κ2) is 7.09. The van der Waals surface area contributed by atoms with Gasteiger partial charge in [-0.3, -0.25) is 14.4 Å². The summed E-state index contributed by atoms with van der Waals surface area (Å²) in [6, 6.07) is 12.2. The summed E-state index contributed by atoms with van der Waals surface area (Å²) in [5, 5.41) is 2.71. The van der Waals surface area contributed by atoms with Crippen molar-refractivity contribution in [2.45, 2.75) is 18.9 Å². The first-order valence-electron chi connectivity index (χ1n) is 9.13. The summed E-state index contributed by atoms with van der Waals surface area (Å²) in [5.41, 5.74) is 1.38. The molecule has 4 rings (SSSR count). The van der Waals surface area contributed by atoms with E-state index in [1.807, 2.05) is 0 Å². The molecular weight excluding hydrogens is 394 g/mol. The predicted octanol–water partition coefficient (Wildman–Crippen LogP) is 1.85. The van der Waals surface area contributed by atoms with Crippen molar-refractivity contribution in [3.8, 4) is 0 Å². The summed E-state index contributed by atoms with van der Waals surface area (Å²) in [5.74, 6) is -1.28. The fourth-order valence-electron chi connectivity index (χ4n) is 3.77. The second-order valence-corrected chi connectivity index (χ2v) is 9.00. The first-order chi connectivity index (χ1) is 13.8. The van der Waals surface area contributed by atoms with Crippen LogP contribution in [0.5, 0.6) is 0 Å². The van der Waals surface area contributed by atoms with Crippen LogP contribution in [0.3, 0.4) is 0 Å². The fourth-order valence-corrected chi connectivity index (χ4v) is 4.90. The van der Waals surface area contributed by atoms with Crippen LogP contribution in [0, 0.1) is 0 Å². The number of carbonyl (C=O) groups excluding carboxylic acids is 3. The van der Waals surface area contributed by atoms with E-state index in [4.69, 9.17) is 0 Å². The molecule has 2 heterocycles. The van der Waals surface area contributed by atoms with Gasteiger partial charge >= 0.3 is 0 Å². The maximum atomic E-state index is 12.6. The highest BCUT2D eigenvalue weighted by atomic mass is 32.2. The molecule has 0 aromatic heterocycles. The minimum absolute atomic E-state index is 0.312. The number of sulfonamides is 1. The van der Waals surface area contributed by atoms with Gasteiger partial charge < -0.3 is 5.32 Å². The first kappa shape index (κ1) is 19.3. The van der Waals surface area contributed by atoms with Gasteiger partial charge in [-0.25, -0.2) is 13.3 Å². The first-order valence-corrected chi connectivity index (χ1v) is 11.0. The predicted molar refractivity (Wildman–Crippen MR) is 107 cm³/mol. The molecule has 8 nitrogen and oxygen atoms in total. The topological polar surface area (TPSA) is 104 Å². The van der Waals surface area contributed by atoms with Gasteiger partial charge in [-0.15, -0.1) is 0 Å². The van der Waals surface area contributed by atoms with Gasteiger partial charge in [0.25, 0.3) is 11.8 Å². The molecule has 1 atom stereocenters. The van der Waals surface area contributed by atoms with Crippen molar-refractivity contribution in [1.82, 2.24) is 4.31 Å². The number of amides is 3. The molecule has 2 aliphatic rings. The number of imide groups is 1. The molecule has 9 heteroatoms. The Hall–Kier alpha value is -3.04. The SMILES string of the molecule is CS(=O)(=O)N1CCCC1C(=O)Nc1cccc(N2C(=O)c3ccccc3C2=O)c1. The smallest absolute Gasteiger partial charge is 0.266 e. The molecule has 2 aromatic rings. The molecule has 3 amide bonds. The molecule has 2 aromatic carbocycles. The van der Waals surface area contributed by atoms with Gasteiger partial charge in [-0.2, -0.15) is 4.31 Å². The van der Waals surface area contributed by atoms with Crippen LogP contribution >= 0.6 is 0 Å². The Morgan fingerprint density at radius 2 is 1.69 bits per heavy atom. The number of anilines is 2. The lowest BCUT2D eigenvalue weighted by atomic mass is 10.1. The Balaban J connectivity index is 1.57. The number of nitrogens with one attached hydrogen (secondary N) is 1. The van der Waals surface area contributed by atoms with Crippen molar-refractivity contribution < 1.29 is 22.8 Å². The molecule has 0 spiro atoms. The average Bonchev–Trinajstić information content (AvgIpc) is 3.27. The minimum Gasteiger partial charge on any atom is -0.325 e. The third-order valence-electron chi connectivity index (χ3n) is 5.10. The van der Waals surface area contributed by atoms with Crippen LogP contribution in [0.1, 0.15) is 33.6 Å². The van der Waals surface area contributed by atoms with Gasteiger partial charge in [0.2, 0.25) is 15.9 Å². The molecule has 150 valence electrons. The van der Waals surface area contributed by atoms with Crippen LogP contribution in [-0.2, 0) is 14.8 Å². The molecule has 1 unspecified atom stereocenters. The molecular formula is C20H19N3O5S. The summed E-state index contributed by atoms with van der Waals surface area (Å²) >= 11 is 0. The number of benzene rings is 2. The van der Waals surface area contributed by atoms with E-state index in [0.29, 0.717) is 41.9 Å². The van der Waals surface area contributed by atoms with Crippen LogP contribution in [0.2, 0.25) is 0 Å². The van der Waals surface area contributed by atoms with Gasteiger partial charge in [-0.05, 0) is 43.2 Å². The molecule has 0 aliphatic carbocycles. The highest BCUT2D eigenvalue weighted by Crippen LogP contribution is 2.30. The summed E-state index contributed by atoms with van der Waals surface area (Å²) in [6.45, 7) is 0.312. The highest BCUT2D eigenvalue weighted by molar-refractivity contribution is 7.88. The lowest BCUT2D eigenvalue weighted by Gasteiger charge is -2.21. The van der Waals surface area contributed by atoms with Gasteiger partial charge in [0.05, 0.1) is 23.1 Å². The Kier molecular flexibility index (Phi) is 4.71. The van der Waals surface area contributed by atoms with Crippen molar-refractivity contribution in [2.24, 2.45) is 0 Å². The van der Waals surface area contributed by atoms with Gasteiger partial charge in [0, 0.05) is 12.2 Å². The van der Waals surface area contributed by atoms with E-state index in [9.17, 15) is 22.8 Å². The van der Waals surface area contributed by atoms with Crippen molar-refractivity contribution in [2.75, 3.05) is 23.0 Å². The largest absolute Gasteiger partial charge is 0.325 e. The number of fused-ring (bicyclic) bond motifs is 1. The molecule has 1 N–H and O–H groups in total. The standard InChI is InChI=1S/C20H19N3O5S/c1-29(27,28)22-11-5-10-17(22)18(24)21-13-6-4-7-14(12-13)23-19(25)15-8-2-3-9-16(15)20(23)26/h2-4,6-9,12,17H,5,10-11H2,1H3,(H,21,24). The number of nitrogens with zero attached hydrogens (tertiary/aromatic N) is 2. The monoisotopic (exact) mass is 413 g/mol. The molecule has 2 aliphatic heterocycles. The summed E-state index contributed by atoms with van der Waals surface area (Å²) in [6.07, 6.45) is 2.14. The Labute approximate surface area is 168 Å². The third-order valence-corrected chi connectivity index (χ3v) is 6.39. The van der Waals surface area contributed by atoms with Crippen molar-refractivity contribution in [3.63, 3.8) is 0 Å². The van der Waals surface area contributed by atoms with E-state index in [2.05, 4.69) is 5.32 Å². The minimum atomic E-state index is -3.48.